The van der Waals surface area contributed by atoms with E-state index in [1.807, 2.05) is 12.1 Å². The van der Waals surface area contributed by atoms with E-state index in [4.69, 9.17) is 12.2 Å². The van der Waals surface area contributed by atoms with Crippen molar-refractivity contribution in [2.45, 2.75) is 18.7 Å². The van der Waals surface area contributed by atoms with Gasteiger partial charge in [0.05, 0.1) is 10.7 Å². The molecule has 1 saturated heterocycles. The second-order valence-electron chi connectivity index (χ2n) is 5.61. The maximum Gasteiger partial charge on any atom is 0.323 e. The van der Waals surface area contributed by atoms with Crippen molar-refractivity contribution < 1.29 is 19.5 Å². The average Bonchev–Trinajstić information content (AvgIpc) is 2.93. The van der Waals surface area contributed by atoms with Crippen molar-refractivity contribution in [2.24, 2.45) is 0 Å². The number of thioether (sulfide) groups is 1. The maximum absolute atomic E-state index is 13.0. The standard InChI is InChI=1S/C17H17N3O4S2/c1-3-18-14(23)13(15(24)19(4-2)17(18)25)16-20(9-12(21)22)10-7-5-6-8-11(10)26-16/h5-8H,3-4,9H2,1-2H3,(H,21,22). The summed E-state index contributed by atoms with van der Waals surface area (Å²) >= 11 is 6.50. The number of thiocarbonyl (C=S) groups is 1. The SMILES string of the molecule is CCN1C(=O)C(=C2Sc3ccccc3N2CC(=O)O)C(=O)N(CC)C1=S. The molecular weight excluding hydrogens is 374 g/mol. The van der Waals surface area contributed by atoms with Crippen LogP contribution in [0.1, 0.15) is 13.8 Å². The van der Waals surface area contributed by atoms with Crippen molar-refractivity contribution in [3.05, 3.63) is 34.9 Å². The summed E-state index contributed by atoms with van der Waals surface area (Å²) in [6.07, 6.45) is 0. The molecule has 7 nitrogen and oxygen atoms in total. The van der Waals surface area contributed by atoms with Crippen LogP contribution in [0.15, 0.2) is 39.8 Å². The van der Waals surface area contributed by atoms with Gasteiger partial charge in [0.1, 0.15) is 12.1 Å². The molecule has 9 heteroatoms. The molecule has 3 rings (SSSR count). The number of hydrogen-bond donors (Lipinski definition) is 1. The Bertz CT molecular complexity index is 824. The Kier molecular flexibility index (Phi) is 5.01. The summed E-state index contributed by atoms with van der Waals surface area (Å²) in [5.41, 5.74) is 0.631. The molecule has 2 aliphatic rings. The number of carbonyl (C=O) groups excluding carboxylic acids is 2. The van der Waals surface area contributed by atoms with Gasteiger partial charge in [-0.2, -0.15) is 0 Å². The Labute approximate surface area is 160 Å². The monoisotopic (exact) mass is 391 g/mol. The normalized spacial score (nSPS) is 17.3. The fraction of sp³-hybridized carbons (Fsp3) is 0.294. The van der Waals surface area contributed by atoms with Crippen molar-refractivity contribution >= 4 is 52.6 Å². The van der Waals surface area contributed by atoms with Crippen LogP contribution in [0.4, 0.5) is 5.69 Å². The lowest BCUT2D eigenvalue weighted by Crippen LogP contribution is -2.56. The number of fused-ring (bicyclic) bond motifs is 1. The average molecular weight is 391 g/mol. The van der Waals surface area contributed by atoms with Gasteiger partial charge in [-0.1, -0.05) is 23.9 Å². The van der Waals surface area contributed by atoms with Crippen LogP contribution in [0.5, 0.6) is 0 Å². The van der Waals surface area contributed by atoms with E-state index in [0.29, 0.717) is 23.8 Å². The van der Waals surface area contributed by atoms with Crippen molar-refractivity contribution in [3.63, 3.8) is 0 Å². The smallest absolute Gasteiger partial charge is 0.323 e. The number of likely N-dealkylation sites (N-methyl/N-ethyl adjacent to an activating group) is 2. The van der Waals surface area contributed by atoms with E-state index in [1.54, 1.807) is 26.0 Å². The minimum atomic E-state index is -1.05. The van der Waals surface area contributed by atoms with E-state index < -0.39 is 17.8 Å². The van der Waals surface area contributed by atoms with Crippen molar-refractivity contribution in [3.8, 4) is 0 Å². The number of hydrogen-bond acceptors (Lipinski definition) is 6. The summed E-state index contributed by atoms with van der Waals surface area (Å²) in [4.78, 5) is 42.3. The summed E-state index contributed by atoms with van der Waals surface area (Å²) in [6.45, 7) is 3.87. The minimum absolute atomic E-state index is 0.0373. The van der Waals surface area contributed by atoms with Gasteiger partial charge in [-0.05, 0) is 38.2 Å². The second kappa shape index (κ2) is 7.08. The van der Waals surface area contributed by atoms with Crippen LogP contribution >= 0.6 is 24.0 Å². The Morgan fingerprint density at radius 1 is 1.08 bits per heavy atom. The third-order valence-corrected chi connectivity index (χ3v) is 5.75. The number of para-hydroxylation sites is 1. The van der Waals surface area contributed by atoms with E-state index in [9.17, 15) is 19.5 Å². The van der Waals surface area contributed by atoms with Gasteiger partial charge >= 0.3 is 5.97 Å². The number of carboxylic acid groups (broad SMARTS) is 1. The molecule has 0 radical (unpaired) electrons. The number of aliphatic carboxylic acids is 1. The van der Waals surface area contributed by atoms with Crippen LogP contribution in [0.25, 0.3) is 0 Å². The van der Waals surface area contributed by atoms with Crippen molar-refractivity contribution in [1.82, 2.24) is 9.80 Å². The summed E-state index contributed by atoms with van der Waals surface area (Å²) < 4.78 is 0. The largest absolute Gasteiger partial charge is 0.480 e. The van der Waals surface area contributed by atoms with Gasteiger partial charge in [0.15, 0.2) is 5.11 Å². The number of benzene rings is 1. The molecule has 1 aromatic rings. The molecule has 26 heavy (non-hydrogen) atoms. The molecule has 0 bridgehead atoms. The molecule has 2 heterocycles. The highest BCUT2D eigenvalue weighted by Crippen LogP contribution is 2.47. The maximum atomic E-state index is 13.0. The highest BCUT2D eigenvalue weighted by molar-refractivity contribution is 8.03. The molecule has 2 aliphatic heterocycles. The summed E-state index contributed by atoms with van der Waals surface area (Å²) in [5, 5.41) is 9.82. The zero-order chi connectivity index (χ0) is 19.0. The molecule has 1 fully saturated rings. The van der Waals surface area contributed by atoms with E-state index >= 15 is 0 Å². The number of nitrogens with zero attached hydrogens (tertiary/aromatic N) is 3. The van der Waals surface area contributed by atoms with Crippen LogP contribution in [-0.4, -0.2) is 57.4 Å². The topological polar surface area (TPSA) is 81.2 Å². The number of rotatable bonds is 4. The first-order valence-corrected chi connectivity index (χ1v) is 9.31. The number of carboxylic acids is 1. The van der Waals surface area contributed by atoms with Gasteiger partial charge in [0.2, 0.25) is 0 Å². The van der Waals surface area contributed by atoms with Crippen molar-refractivity contribution in [2.75, 3.05) is 24.5 Å². The molecule has 0 unspecified atom stereocenters. The van der Waals surface area contributed by atoms with Gasteiger partial charge in [-0.3, -0.25) is 24.2 Å². The zero-order valence-corrected chi connectivity index (χ0v) is 15.9. The van der Waals surface area contributed by atoms with Crippen LogP contribution in [0.2, 0.25) is 0 Å². The lowest BCUT2D eigenvalue weighted by Gasteiger charge is -2.36. The van der Waals surface area contributed by atoms with Crippen LogP contribution in [0.3, 0.4) is 0 Å². The Hall–Kier alpha value is -2.39. The van der Waals surface area contributed by atoms with E-state index in [0.717, 1.165) is 4.90 Å². The molecule has 0 atom stereocenters. The summed E-state index contributed by atoms with van der Waals surface area (Å²) in [5.74, 6) is -2.03. The van der Waals surface area contributed by atoms with Gasteiger partial charge < -0.3 is 10.0 Å². The molecule has 0 spiro atoms. The van der Waals surface area contributed by atoms with Gasteiger partial charge in [0, 0.05) is 18.0 Å². The minimum Gasteiger partial charge on any atom is -0.480 e. The van der Waals surface area contributed by atoms with Gasteiger partial charge in [-0.15, -0.1) is 0 Å². The number of amides is 2. The third kappa shape index (κ3) is 2.86. The Morgan fingerprint density at radius 2 is 1.65 bits per heavy atom. The molecule has 0 aliphatic carbocycles. The Balaban J connectivity index is 2.17. The molecule has 0 saturated carbocycles. The lowest BCUT2D eigenvalue weighted by molar-refractivity contribution is -0.136. The van der Waals surface area contributed by atoms with Gasteiger partial charge in [-0.25, -0.2) is 0 Å². The quantitative estimate of drug-likeness (QED) is 0.477. The second-order valence-corrected chi connectivity index (χ2v) is 7.01. The molecular formula is C17H17N3O4S2. The van der Waals surface area contributed by atoms with E-state index in [1.165, 1.54) is 26.5 Å². The highest BCUT2D eigenvalue weighted by atomic mass is 32.2. The predicted molar refractivity (Wildman–Crippen MR) is 102 cm³/mol. The first-order chi connectivity index (χ1) is 12.4. The highest BCUT2D eigenvalue weighted by Gasteiger charge is 2.43. The Morgan fingerprint density at radius 3 is 2.19 bits per heavy atom. The molecule has 136 valence electrons. The molecule has 1 aromatic carbocycles. The fourth-order valence-corrected chi connectivity index (χ4v) is 4.55. The van der Waals surface area contributed by atoms with Crippen LogP contribution < -0.4 is 4.90 Å². The summed E-state index contributed by atoms with van der Waals surface area (Å²) in [6, 6.07) is 7.23. The lowest BCUT2D eigenvalue weighted by atomic mass is 10.1. The van der Waals surface area contributed by atoms with E-state index in [-0.39, 0.29) is 17.2 Å². The first-order valence-electron chi connectivity index (χ1n) is 8.08. The molecule has 0 aromatic heterocycles. The number of anilines is 1. The fourth-order valence-electron chi connectivity index (χ4n) is 2.93. The van der Waals surface area contributed by atoms with Gasteiger partial charge in [0.25, 0.3) is 11.8 Å². The molecule has 2 amide bonds. The van der Waals surface area contributed by atoms with E-state index in [2.05, 4.69) is 0 Å². The third-order valence-electron chi connectivity index (χ3n) is 4.13. The first kappa shape index (κ1) is 18.4. The van der Waals surface area contributed by atoms with Crippen LogP contribution in [-0.2, 0) is 14.4 Å². The predicted octanol–water partition coefficient (Wildman–Crippen LogP) is 1.89. The summed E-state index contributed by atoms with van der Waals surface area (Å²) in [7, 11) is 0. The van der Waals surface area contributed by atoms with Crippen LogP contribution in [0, 0.1) is 0 Å². The zero-order valence-electron chi connectivity index (χ0n) is 14.3. The molecule has 1 N–H and O–H groups in total. The number of carbonyl (C=O) groups is 3. The van der Waals surface area contributed by atoms with Crippen molar-refractivity contribution in [1.29, 1.82) is 0 Å².